The van der Waals surface area contributed by atoms with Crippen LogP contribution in [-0.2, 0) is 16.4 Å². The number of halogens is 1. The van der Waals surface area contributed by atoms with Crippen LogP contribution in [0.4, 0.5) is 5.69 Å². The molecule has 1 N–H and O–H groups in total. The van der Waals surface area contributed by atoms with Gasteiger partial charge in [0.05, 0.1) is 22.2 Å². The fourth-order valence-corrected chi connectivity index (χ4v) is 5.52. The summed E-state index contributed by atoms with van der Waals surface area (Å²) in [6, 6.07) is 13.8. The van der Waals surface area contributed by atoms with Crippen molar-refractivity contribution in [3.8, 4) is 11.6 Å². The Morgan fingerprint density at radius 1 is 1.11 bits per heavy atom. The second kappa shape index (κ2) is 7.29. The Morgan fingerprint density at radius 3 is 2.70 bits per heavy atom. The summed E-state index contributed by atoms with van der Waals surface area (Å²) in [5.41, 5.74) is 1.17. The molecule has 138 valence electrons. The van der Waals surface area contributed by atoms with Gasteiger partial charge in [0.2, 0.25) is 11.7 Å². The summed E-state index contributed by atoms with van der Waals surface area (Å²) in [5, 5.41) is 3.89. The van der Waals surface area contributed by atoms with Crippen molar-refractivity contribution in [2.24, 2.45) is 0 Å². The van der Waals surface area contributed by atoms with Crippen LogP contribution in [0.25, 0.3) is 11.6 Å². The predicted octanol–water partition coefficient (Wildman–Crippen LogP) is 4.55. The first kappa shape index (κ1) is 18.0. The van der Waals surface area contributed by atoms with Crippen molar-refractivity contribution in [1.29, 1.82) is 0 Å². The van der Waals surface area contributed by atoms with Gasteiger partial charge in [0.1, 0.15) is 4.21 Å². The van der Waals surface area contributed by atoms with E-state index in [0.29, 0.717) is 28.7 Å². The molecular formula is C17H12BrN3O4S2. The van der Waals surface area contributed by atoms with E-state index in [-0.39, 0.29) is 10.6 Å². The largest absolute Gasteiger partial charge is 0.461 e. The van der Waals surface area contributed by atoms with Gasteiger partial charge in [-0.05, 0) is 51.8 Å². The molecule has 7 nitrogen and oxygen atoms in total. The van der Waals surface area contributed by atoms with E-state index in [9.17, 15) is 8.42 Å². The Bertz CT molecular complexity index is 1170. The number of furan rings is 1. The van der Waals surface area contributed by atoms with Crippen molar-refractivity contribution in [3.63, 3.8) is 0 Å². The summed E-state index contributed by atoms with van der Waals surface area (Å²) in [5.74, 6) is 1.20. The maximum Gasteiger partial charge on any atom is 0.271 e. The lowest BCUT2D eigenvalue weighted by atomic mass is 10.1. The van der Waals surface area contributed by atoms with Crippen LogP contribution in [0, 0.1) is 0 Å². The van der Waals surface area contributed by atoms with Gasteiger partial charge in [0, 0.05) is 0 Å². The Kier molecular flexibility index (Phi) is 4.85. The minimum Gasteiger partial charge on any atom is -0.461 e. The smallest absolute Gasteiger partial charge is 0.271 e. The highest BCUT2D eigenvalue weighted by Crippen LogP contribution is 2.29. The molecule has 0 radical (unpaired) electrons. The van der Waals surface area contributed by atoms with Crippen molar-refractivity contribution in [3.05, 3.63) is 70.0 Å². The Hall–Kier alpha value is -2.43. The molecule has 0 saturated carbocycles. The molecule has 0 aliphatic carbocycles. The van der Waals surface area contributed by atoms with Crippen LogP contribution < -0.4 is 4.72 Å². The van der Waals surface area contributed by atoms with E-state index in [4.69, 9.17) is 8.94 Å². The summed E-state index contributed by atoms with van der Waals surface area (Å²) >= 11 is 4.42. The quantitative estimate of drug-likeness (QED) is 0.448. The average molecular weight is 466 g/mol. The Morgan fingerprint density at radius 2 is 1.96 bits per heavy atom. The van der Waals surface area contributed by atoms with Gasteiger partial charge in [-0.1, -0.05) is 23.4 Å². The number of hydrogen-bond acceptors (Lipinski definition) is 7. The number of nitrogens with zero attached hydrogens (tertiary/aromatic N) is 2. The fraction of sp³-hybridized carbons (Fsp3) is 0.0588. The molecule has 3 heterocycles. The molecule has 0 bridgehead atoms. The normalized spacial score (nSPS) is 11.6. The number of aromatic nitrogens is 2. The van der Waals surface area contributed by atoms with Crippen LogP contribution in [0.15, 0.2) is 71.7 Å². The first-order valence-corrected chi connectivity index (χ1v) is 10.8. The zero-order valence-corrected chi connectivity index (χ0v) is 16.8. The monoisotopic (exact) mass is 465 g/mol. The second-order valence-electron chi connectivity index (χ2n) is 5.49. The van der Waals surface area contributed by atoms with Crippen LogP contribution in [0.5, 0.6) is 0 Å². The third-order valence-electron chi connectivity index (χ3n) is 3.63. The van der Waals surface area contributed by atoms with Gasteiger partial charge in [-0.3, -0.25) is 4.72 Å². The molecule has 10 heteroatoms. The molecule has 0 saturated heterocycles. The lowest BCUT2D eigenvalue weighted by Gasteiger charge is -2.10. The highest BCUT2D eigenvalue weighted by atomic mass is 79.9. The molecule has 0 unspecified atom stereocenters. The Balaban J connectivity index is 1.58. The average Bonchev–Trinajstić information content (AvgIpc) is 3.37. The van der Waals surface area contributed by atoms with E-state index >= 15 is 0 Å². The molecule has 0 atom stereocenters. The van der Waals surface area contributed by atoms with E-state index in [1.807, 2.05) is 6.07 Å². The van der Waals surface area contributed by atoms with Crippen molar-refractivity contribution in [1.82, 2.24) is 10.1 Å². The van der Waals surface area contributed by atoms with Crippen LogP contribution in [0.2, 0.25) is 0 Å². The van der Waals surface area contributed by atoms with Gasteiger partial charge in [-0.25, -0.2) is 8.42 Å². The summed E-state index contributed by atoms with van der Waals surface area (Å²) in [6.07, 6.45) is 1.80. The van der Waals surface area contributed by atoms with Crippen molar-refractivity contribution in [2.45, 2.75) is 10.6 Å². The first-order valence-electron chi connectivity index (χ1n) is 7.74. The zero-order chi connectivity index (χ0) is 18.9. The van der Waals surface area contributed by atoms with E-state index in [1.165, 1.54) is 6.26 Å². The van der Waals surface area contributed by atoms with Gasteiger partial charge >= 0.3 is 0 Å². The van der Waals surface area contributed by atoms with Gasteiger partial charge in [-0.15, -0.1) is 11.3 Å². The number of benzene rings is 1. The number of para-hydroxylation sites is 1. The SMILES string of the molecule is O=S(=O)(Nc1ccccc1Cc1nc(-c2ccco2)no1)c1ccc(Br)s1. The predicted molar refractivity (Wildman–Crippen MR) is 104 cm³/mol. The molecule has 4 rings (SSSR count). The molecule has 1 aromatic carbocycles. The standard InChI is InChI=1S/C17H12BrN3O4S2/c18-14-7-8-16(26-14)27(22,23)21-12-5-2-1-4-11(12)10-15-19-17(20-25-15)13-6-3-9-24-13/h1-9,21H,10H2. The molecule has 0 fully saturated rings. The van der Waals surface area contributed by atoms with E-state index in [1.54, 1.807) is 42.5 Å². The third-order valence-corrected chi connectivity index (χ3v) is 7.11. The maximum absolute atomic E-state index is 12.6. The highest BCUT2D eigenvalue weighted by Gasteiger charge is 2.19. The van der Waals surface area contributed by atoms with E-state index < -0.39 is 10.0 Å². The van der Waals surface area contributed by atoms with Crippen molar-refractivity contribution < 1.29 is 17.4 Å². The zero-order valence-electron chi connectivity index (χ0n) is 13.6. The molecule has 3 aromatic heterocycles. The lowest BCUT2D eigenvalue weighted by molar-refractivity contribution is 0.384. The highest BCUT2D eigenvalue weighted by molar-refractivity contribution is 9.11. The molecule has 27 heavy (non-hydrogen) atoms. The number of nitrogens with one attached hydrogen (secondary N) is 1. The number of hydrogen-bond donors (Lipinski definition) is 1. The number of thiophene rings is 1. The number of anilines is 1. The molecule has 0 spiro atoms. The van der Waals surface area contributed by atoms with Crippen molar-refractivity contribution >= 4 is 43.0 Å². The first-order chi connectivity index (χ1) is 13.0. The minimum absolute atomic E-state index is 0.224. The van der Waals surface area contributed by atoms with E-state index in [0.717, 1.165) is 15.1 Å². The fourth-order valence-electron chi connectivity index (χ4n) is 2.41. The number of sulfonamides is 1. The topological polar surface area (TPSA) is 98.2 Å². The van der Waals surface area contributed by atoms with Crippen LogP contribution in [0.3, 0.4) is 0 Å². The molecule has 4 aromatic rings. The third kappa shape index (κ3) is 3.97. The lowest BCUT2D eigenvalue weighted by Crippen LogP contribution is -2.13. The molecule has 0 aliphatic rings. The van der Waals surface area contributed by atoms with Crippen molar-refractivity contribution in [2.75, 3.05) is 4.72 Å². The van der Waals surface area contributed by atoms with Gasteiger partial charge in [0.25, 0.3) is 10.0 Å². The molecular weight excluding hydrogens is 454 g/mol. The molecule has 0 aliphatic heterocycles. The maximum atomic E-state index is 12.6. The van der Waals surface area contributed by atoms with Crippen LogP contribution >= 0.6 is 27.3 Å². The van der Waals surface area contributed by atoms with Crippen LogP contribution in [-0.4, -0.2) is 18.6 Å². The minimum atomic E-state index is -3.68. The number of rotatable bonds is 6. The summed E-state index contributed by atoms with van der Waals surface area (Å²) in [4.78, 5) is 4.29. The second-order valence-corrected chi connectivity index (χ2v) is 9.86. The van der Waals surface area contributed by atoms with Gasteiger partial charge in [0.15, 0.2) is 5.76 Å². The van der Waals surface area contributed by atoms with Gasteiger partial charge in [-0.2, -0.15) is 4.98 Å². The van der Waals surface area contributed by atoms with Crippen LogP contribution in [0.1, 0.15) is 11.5 Å². The van der Waals surface area contributed by atoms with Gasteiger partial charge < -0.3 is 8.94 Å². The Labute approximate surface area is 167 Å². The molecule has 0 amide bonds. The van der Waals surface area contributed by atoms with E-state index in [2.05, 4.69) is 30.8 Å². The summed E-state index contributed by atoms with van der Waals surface area (Å²) in [7, 11) is -3.68. The summed E-state index contributed by atoms with van der Waals surface area (Å²) < 4.78 is 39.3. The summed E-state index contributed by atoms with van der Waals surface area (Å²) in [6.45, 7) is 0.